The number of H-pyrrole nitrogens is 1. The number of halogens is 1. The lowest BCUT2D eigenvalue weighted by molar-refractivity contribution is 0.0715. The molecular weight excluding hydrogens is 442 g/mol. The smallest absolute Gasteiger partial charge is 0.407 e. The fourth-order valence-electron chi connectivity index (χ4n) is 5.16. The number of benzene rings is 1. The van der Waals surface area contributed by atoms with Crippen LogP contribution in [0.3, 0.4) is 0 Å². The van der Waals surface area contributed by atoms with Gasteiger partial charge in [0.05, 0.1) is 28.9 Å². The number of carbonyl (C=O) groups excluding carboxylic acids is 2. The van der Waals surface area contributed by atoms with Crippen LogP contribution in [0.4, 0.5) is 10.5 Å². The molecule has 2 N–H and O–H groups in total. The topological polar surface area (TPSA) is 90.6 Å². The molecular formula is C24H34ClN5O3. The SMILES string of the molecule is CCN1CCN(c2cc3nc(C(=O)C4(C)CCC(NC(=O)OC)CC4)[nH]c3cc2Cl)C(C)C1. The van der Waals surface area contributed by atoms with Crippen LogP contribution in [0.5, 0.6) is 0 Å². The molecule has 0 bridgehead atoms. The molecule has 1 aliphatic heterocycles. The number of anilines is 1. The summed E-state index contributed by atoms with van der Waals surface area (Å²) >= 11 is 6.67. The van der Waals surface area contributed by atoms with E-state index in [-0.39, 0.29) is 11.8 Å². The average molecular weight is 476 g/mol. The molecule has 180 valence electrons. The van der Waals surface area contributed by atoms with Crippen LogP contribution in [0.25, 0.3) is 11.0 Å². The number of hydrogen-bond acceptors (Lipinski definition) is 6. The van der Waals surface area contributed by atoms with Crippen molar-refractivity contribution in [2.45, 2.75) is 58.5 Å². The van der Waals surface area contributed by atoms with Gasteiger partial charge in [0, 0.05) is 37.1 Å². The van der Waals surface area contributed by atoms with Gasteiger partial charge in [-0.25, -0.2) is 9.78 Å². The van der Waals surface area contributed by atoms with E-state index in [2.05, 4.69) is 43.7 Å². The van der Waals surface area contributed by atoms with Crippen molar-refractivity contribution in [2.75, 3.05) is 38.2 Å². The minimum atomic E-state index is -0.514. The molecule has 0 spiro atoms. The summed E-state index contributed by atoms with van der Waals surface area (Å²) < 4.78 is 4.69. The van der Waals surface area contributed by atoms with E-state index in [1.165, 1.54) is 7.11 Å². The fraction of sp³-hybridized carbons (Fsp3) is 0.625. The van der Waals surface area contributed by atoms with Gasteiger partial charge in [0.1, 0.15) is 0 Å². The number of methoxy groups -OCH3 is 1. The molecule has 1 aliphatic carbocycles. The third-order valence-electron chi connectivity index (χ3n) is 7.38. The highest BCUT2D eigenvalue weighted by Crippen LogP contribution is 2.39. The summed E-state index contributed by atoms with van der Waals surface area (Å²) in [6.45, 7) is 10.4. The molecule has 1 aromatic heterocycles. The lowest BCUT2D eigenvalue weighted by Crippen LogP contribution is -2.51. The molecule has 1 saturated heterocycles. The van der Waals surface area contributed by atoms with E-state index in [0.717, 1.165) is 55.7 Å². The number of alkyl carbamates (subject to hydrolysis) is 1. The van der Waals surface area contributed by atoms with E-state index in [1.807, 2.05) is 19.1 Å². The van der Waals surface area contributed by atoms with Crippen molar-refractivity contribution >= 4 is 40.2 Å². The summed E-state index contributed by atoms with van der Waals surface area (Å²) in [5, 5.41) is 3.51. The van der Waals surface area contributed by atoms with Gasteiger partial charge in [-0.2, -0.15) is 0 Å². The number of piperazine rings is 1. The minimum absolute atomic E-state index is 0.0119. The molecule has 1 aromatic carbocycles. The first-order chi connectivity index (χ1) is 15.7. The monoisotopic (exact) mass is 475 g/mol. The highest BCUT2D eigenvalue weighted by atomic mass is 35.5. The van der Waals surface area contributed by atoms with Crippen molar-refractivity contribution in [1.82, 2.24) is 20.2 Å². The molecule has 1 atom stereocenters. The van der Waals surface area contributed by atoms with E-state index in [1.54, 1.807) is 0 Å². The molecule has 1 saturated carbocycles. The second-order valence-electron chi connectivity index (χ2n) is 9.64. The number of likely N-dealkylation sites (N-methyl/N-ethyl adjacent to an activating group) is 1. The lowest BCUT2D eigenvalue weighted by Gasteiger charge is -2.41. The molecule has 8 nitrogen and oxygen atoms in total. The van der Waals surface area contributed by atoms with Gasteiger partial charge < -0.3 is 19.9 Å². The fourth-order valence-corrected chi connectivity index (χ4v) is 5.44. The number of nitrogens with one attached hydrogen (secondary N) is 2. The number of Topliss-reactive ketones (excluding diaryl/α,β-unsaturated/α-hetero) is 1. The Kier molecular flexibility index (Phi) is 6.86. The predicted octanol–water partition coefficient (Wildman–Crippen LogP) is 4.23. The number of ketones is 1. The van der Waals surface area contributed by atoms with Gasteiger partial charge in [0.25, 0.3) is 0 Å². The second-order valence-corrected chi connectivity index (χ2v) is 10.0. The Hall–Kier alpha value is -2.32. The van der Waals surface area contributed by atoms with Crippen LogP contribution < -0.4 is 10.2 Å². The summed E-state index contributed by atoms with van der Waals surface area (Å²) in [5.41, 5.74) is 1.99. The zero-order chi connectivity index (χ0) is 23.8. The molecule has 0 radical (unpaired) electrons. The van der Waals surface area contributed by atoms with Gasteiger partial charge in [0.2, 0.25) is 5.78 Å². The molecule has 1 unspecified atom stereocenters. The van der Waals surface area contributed by atoms with Gasteiger partial charge in [-0.15, -0.1) is 0 Å². The number of hydrogen-bond donors (Lipinski definition) is 2. The maximum atomic E-state index is 13.4. The number of imidazole rings is 1. The molecule has 2 heterocycles. The van der Waals surface area contributed by atoms with Crippen molar-refractivity contribution < 1.29 is 14.3 Å². The molecule has 9 heteroatoms. The number of ether oxygens (including phenoxy) is 1. The molecule has 2 aromatic rings. The van der Waals surface area contributed by atoms with Gasteiger partial charge in [-0.05, 0) is 51.3 Å². The van der Waals surface area contributed by atoms with E-state index in [9.17, 15) is 9.59 Å². The first-order valence-corrected chi connectivity index (χ1v) is 12.2. The molecule has 1 amide bonds. The summed E-state index contributed by atoms with van der Waals surface area (Å²) in [6, 6.07) is 4.27. The number of aromatic amines is 1. The van der Waals surface area contributed by atoms with Crippen molar-refractivity contribution in [3.63, 3.8) is 0 Å². The number of aromatic nitrogens is 2. The zero-order valence-corrected chi connectivity index (χ0v) is 20.7. The standard InChI is InChI=1S/C24H34ClN5O3/c1-5-29-10-11-30(15(2)14-29)20-13-19-18(12-17(20)25)27-22(28-19)21(31)24(3)8-6-16(7-9-24)26-23(32)33-4/h12-13,15-16H,5-11,14H2,1-4H3,(H,26,32)(H,27,28). The molecule has 2 fully saturated rings. The average Bonchev–Trinajstić information content (AvgIpc) is 3.22. The summed E-state index contributed by atoms with van der Waals surface area (Å²) in [4.78, 5) is 37.6. The molecule has 4 rings (SSSR count). The van der Waals surface area contributed by atoms with Crippen LogP contribution in [-0.2, 0) is 4.74 Å². The maximum absolute atomic E-state index is 13.4. The van der Waals surface area contributed by atoms with Crippen LogP contribution in [0.15, 0.2) is 12.1 Å². The Labute approximate surface area is 200 Å². The van der Waals surface area contributed by atoms with Crippen LogP contribution >= 0.6 is 11.6 Å². The Morgan fingerprint density at radius 1 is 1.30 bits per heavy atom. The highest BCUT2D eigenvalue weighted by Gasteiger charge is 2.40. The van der Waals surface area contributed by atoms with Crippen molar-refractivity contribution in [2.24, 2.45) is 5.41 Å². The third kappa shape index (κ3) is 4.82. The van der Waals surface area contributed by atoms with Gasteiger partial charge in [-0.1, -0.05) is 25.4 Å². The van der Waals surface area contributed by atoms with Crippen LogP contribution in [0, 0.1) is 5.41 Å². The minimum Gasteiger partial charge on any atom is -0.453 e. The van der Waals surface area contributed by atoms with E-state index < -0.39 is 11.5 Å². The van der Waals surface area contributed by atoms with Crippen LogP contribution in [-0.4, -0.2) is 72.1 Å². The number of fused-ring (bicyclic) bond motifs is 1. The zero-order valence-electron chi connectivity index (χ0n) is 19.9. The lowest BCUT2D eigenvalue weighted by atomic mass is 9.71. The number of rotatable bonds is 5. The van der Waals surface area contributed by atoms with Crippen molar-refractivity contribution in [3.8, 4) is 0 Å². The number of nitrogens with zero attached hydrogens (tertiary/aromatic N) is 3. The van der Waals surface area contributed by atoms with Crippen molar-refractivity contribution in [1.29, 1.82) is 0 Å². The molecule has 33 heavy (non-hydrogen) atoms. The third-order valence-corrected chi connectivity index (χ3v) is 7.68. The quantitative estimate of drug-likeness (QED) is 0.629. The highest BCUT2D eigenvalue weighted by molar-refractivity contribution is 6.34. The van der Waals surface area contributed by atoms with E-state index in [0.29, 0.717) is 29.7 Å². The van der Waals surface area contributed by atoms with Crippen LogP contribution in [0.2, 0.25) is 5.02 Å². The summed E-state index contributed by atoms with van der Waals surface area (Å²) in [5.74, 6) is 0.391. The first-order valence-electron chi connectivity index (χ1n) is 11.8. The number of amides is 1. The summed E-state index contributed by atoms with van der Waals surface area (Å²) in [6.07, 6.45) is 2.40. The van der Waals surface area contributed by atoms with Crippen LogP contribution in [0.1, 0.15) is 57.1 Å². The number of carbonyl (C=O) groups is 2. The normalized spacial score (nSPS) is 26.4. The Bertz CT molecular complexity index is 1030. The predicted molar refractivity (Wildman–Crippen MR) is 130 cm³/mol. The Balaban J connectivity index is 1.51. The maximum Gasteiger partial charge on any atom is 0.407 e. The largest absolute Gasteiger partial charge is 0.453 e. The Morgan fingerprint density at radius 3 is 2.67 bits per heavy atom. The molecule has 2 aliphatic rings. The second kappa shape index (κ2) is 9.50. The van der Waals surface area contributed by atoms with E-state index in [4.69, 9.17) is 11.6 Å². The van der Waals surface area contributed by atoms with Gasteiger partial charge in [-0.3, -0.25) is 9.69 Å². The summed E-state index contributed by atoms with van der Waals surface area (Å²) in [7, 11) is 1.36. The van der Waals surface area contributed by atoms with Gasteiger partial charge in [0.15, 0.2) is 5.82 Å². The van der Waals surface area contributed by atoms with Crippen molar-refractivity contribution in [3.05, 3.63) is 23.0 Å². The van der Waals surface area contributed by atoms with E-state index >= 15 is 0 Å². The van der Waals surface area contributed by atoms with Gasteiger partial charge >= 0.3 is 6.09 Å². The Morgan fingerprint density at radius 2 is 2.03 bits per heavy atom. The first kappa shape index (κ1) is 23.8.